The summed E-state index contributed by atoms with van der Waals surface area (Å²) in [6, 6.07) is 1.92. The maximum atomic E-state index is 12.6. The van der Waals surface area contributed by atoms with Crippen LogP contribution >= 0.6 is 0 Å². The number of nitro groups is 2. The van der Waals surface area contributed by atoms with E-state index in [1.54, 1.807) is 0 Å². The lowest BCUT2D eigenvalue weighted by Crippen LogP contribution is -2.24. The van der Waals surface area contributed by atoms with Gasteiger partial charge in [-0.15, -0.1) is 0 Å². The Bertz CT molecular complexity index is 858. The molecule has 9 nitrogen and oxygen atoms in total. The van der Waals surface area contributed by atoms with Crippen LogP contribution in [0.1, 0.15) is 25.1 Å². The van der Waals surface area contributed by atoms with Crippen molar-refractivity contribution in [2.75, 3.05) is 0 Å². The van der Waals surface area contributed by atoms with Gasteiger partial charge in [-0.25, -0.2) is 4.98 Å². The zero-order valence-electron chi connectivity index (χ0n) is 11.5. The lowest BCUT2D eigenvalue weighted by atomic mass is 10.1. The molecule has 1 aliphatic heterocycles. The first-order valence-corrected chi connectivity index (χ1v) is 6.85. The average Bonchev–Trinajstić information content (AvgIpc) is 2.72. The number of benzene rings is 1. The predicted octanol–water partition coefficient (Wildman–Crippen LogP) is 1.94. The summed E-state index contributed by atoms with van der Waals surface area (Å²) in [5.41, 5.74) is -1.51. The number of nitro benzene ring substituents is 2. The standard InChI is InChI=1S/C13H12N4O5/c18-13-9-6-8(16(19)20)7-10(17(21)22)12(9)14-11-4-2-1-3-5-15(11)13/h6-7H,1-5H2. The van der Waals surface area contributed by atoms with Crippen LogP contribution in [-0.4, -0.2) is 19.4 Å². The van der Waals surface area contributed by atoms with E-state index in [-0.39, 0.29) is 10.9 Å². The van der Waals surface area contributed by atoms with Crippen LogP contribution in [0.5, 0.6) is 0 Å². The first-order valence-electron chi connectivity index (χ1n) is 6.85. The van der Waals surface area contributed by atoms with E-state index < -0.39 is 26.8 Å². The molecule has 1 aromatic carbocycles. The van der Waals surface area contributed by atoms with Gasteiger partial charge in [-0.05, 0) is 12.8 Å². The molecule has 1 aromatic heterocycles. The molecule has 2 heterocycles. The molecule has 0 saturated heterocycles. The van der Waals surface area contributed by atoms with Gasteiger partial charge in [0.2, 0.25) is 0 Å². The van der Waals surface area contributed by atoms with Crippen molar-refractivity contribution < 1.29 is 9.85 Å². The first kappa shape index (κ1) is 14.1. The third kappa shape index (κ3) is 2.20. The molecule has 0 fully saturated rings. The fourth-order valence-electron chi connectivity index (χ4n) is 2.73. The van der Waals surface area contributed by atoms with E-state index in [0.29, 0.717) is 18.8 Å². The Hall–Kier alpha value is -2.84. The topological polar surface area (TPSA) is 121 Å². The summed E-state index contributed by atoms with van der Waals surface area (Å²) in [5, 5.41) is 22.0. The monoisotopic (exact) mass is 304 g/mol. The van der Waals surface area contributed by atoms with Gasteiger partial charge < -0.3 is 0 Å². The van der Waals surface area contributed by atoms with Crippen LogP contribution in [0.3, 0.4) is 0 Å². The van der Waals surface area contributed by atoms with Gasteiger partial charge in [0.05, 0.1) is 21.3 Å². The fourth-order valence-corrected chi connectivity index (χ4v) is 2.73. The van der Waals surface area contributed by atoms with Crippen LogP contribution in [-0.2, 0) is 13.0 Å². The van der Waals surface area contributed by atoms with Crippen LogP contribution < -0.4 is 5.56 Å². The second kappa shape index (κ2) is 5.17. The number of hydrogen-bond acceptors (Lipinski definition) is 6. The molecule has 0 amide bonds. The van der Waals surface area contributed by atoms with Gasteiger partial charge in [-0.2, -0.15) is 0 Å². The molecule has 3 rings (SSSR count). The zero-order valence-corrected chi connectivity index (χ0v) is 11.5. The van der Waals surface area contributed by atoms with E-state index in [4.69, 9.17) is 0 Å². The van der Waals surface area contributed by atoms with E-state index in [1.807, 2.05) is 0 Å². The lowest BCUT2D eigenvalue weighted by molar-refractivity contribution is -0.393. The number of aryl methyl sites for hydroxylation is 1. The highest BCUT2D eigenvalue weighted by atomic mass is 16.6. The highest BCUT2D eigenvalue weighted by Crippen LogP contribution is 2.28. The average molecular weight is 304 g/mol. The summed E-state index contributed by atoms with van der Waals surface area (Å²) < 4.78 is 1.47. The maximum absolute atomic E-state index is 12.6. The molecule has 0 N–H and O–H groups in total. The SMILES string of the molecule is O=c1c2cc([N+](=O)[O-])cc([N+](=O)[O-])c2nc2n1CCCCC2. The van der Waals surface area contributed by atoms with E-state index in [1.165, 1.54) is 4.57 Å². The first-order chi connectivity index (χ1) is 10.5. The quantitative estimate of drug-likeness (QED) is 0.617. The molecular formula is C13H12N4O5. The van der Waals surface area contributed by atoms with Gasteiger partial charge in [0, 0.05) is 19.0 Å². The van der Waals surface area contributed by atoms with Gasteiger partial charge in [0.15, 0.2) is 5.52 Å². The normalized spacial score (nSPS) is 14.4. The third-order valence-corrected chi connectivity index (χ3v) is 3.79. The molecule has 0 radical (unpaired) electrons. The molecule has 22 heavy (non-hydrogen) atoms. The number of hydrogen-bond donors (Lipinski definition) is 0. The molecule has 0 spiro atoms. The van der Waals surface area contributed by atoms with Crippen LogP contribution in [0.15, 0.2) is 16.9 Å². The van der Waals surface area contributed by atoms with Crippen molar-refractivity contribution >= 4 is 22.3 Å². The predicted molar refractivity (Wildman–Crippen MR) is 76.9 cm³/mol. The number of fused-ring (bicyclic) bond motifs is 2. The lowest BCUT2D eigenvalue weighted by Gasteiger charge is -2.10. The number of rotatable bonds is 2. The van der Waals surface area contributed by atoms with Crippen molar-refractivity contribution in [2.45, 2.75) is 32.2 Å². The minimum atomic E-state index is -0.748. The Morgan fingerprint density at radius 1 is 1.09 bits per heavy atom. The molecule has 0 bridgehead atoms. The molecule has 0 atom stereocenters. The van der Waals surface area contributed by atoms with Gasteiger partial charge in [0.1, 0.15) is 5.82 Å². The maximum Gasteiger partial charge on any atom is 0.302 e. The summed E-state index contributed by atoms with van der Waals surface area (Å²) in [6.07, 6.45) is 3.19. The fraction of sp³-hybridized carbons (Fsp3) is 0.385. The molecule has 0 aliphatic carbocycles. The molecule has 2 aromatic rings. The van der Waals surface area contributed by atoms with Gasteiger partial charge in [-0.1, -0.05) is 6.42 Å². The van der Waals surface area contributed by atoms with Crippen molar-refractivity contribution in [3.63, 3.8) is 0 Å². The van der Waals surface area contributed by atoms with Gasteiger partial charge in [0.25, 0.3) is 11.2 Å². The van der Waals surface area contributed by atoms with Crippen molar-refractivity contribution in [1.29, 1.82) is 0 Å². The van der Waals surface area contributed by atoms with Crippen LogP contribution in [0, 0.1) is 20.2 Å². The number of nitrogens with zero attached hydrogens (tertiary/aromatic N) is 4. The third-order valence-electron chi connectivity index (χ3n) is 3.79. The van der Waals surface area contributed by atoms with Crippen molar-refractivity contribution in [1.82, 2.24) is 9.55 Å². The van der Waals surface area contributed by atoms with Gasteiger partial charge in [-0.3, -0.25) is 29.6 Å². The second-order valence-corrected chi connectivity index (χ2v) is 5.17. The Kier molecular flexibility index (Phi) is 3.32. The Labute approximate surface area is 123 Å². The molecule has 0 saturated carbocycles. The Balaban J connectivity index is 2.41. The number of aromatic nitrogens is 2. The van der Waals surface area contributed by atoms with Crippen LogP contribution in [0.25, 0.3) is 10.9 Å². The molecular weight excluding hydrogens is 292 g/mol. The smallest absolute Gasteiger partial charge is 0.296 e. The van der Waals surface area contributed by atoms with E-state index in [9.17, 15) is 25.0 Å². The van der Waals surface area contributed by atoms with Crippen molar-refractivity contribution in [3.05, 3.63) is 48.5 Å². The van der Waals surface area contributed by atoms with Crippen molar-refractivity contribution in [3.8, 4) is 0 Å². The summed E-state index contributed by atoms with van der Waals surface area (Å²) >= 11 is 0. The van der Waals surface area contributed by atoms with E-state index in [0.717, 1.165) is 31.4 Å². The van der Waals surface area contributed by atoms with Crippen molar-refractivity contribution in [2.24, 2.45) is 0 Å². The largest absolute Gasteiger partial charge is 0.302 e. The van der Waals surface area contributed by atoms with E-state index in [2.05, 4.69) is 4.98 Å². The van der Waals surface area contributed by atoms with Crippen LogP contribution in [0.2, 0.25) is 0 Å². The molecule has 9 heteroatoms. The Morgan fingerprint density at radius 3 is 2.55 bits per heavy atom. The molecule has 1 aliphatic rings. The van der Waals surface area contributed by atoms with E-state index >= 15 is 0 Å². The summed E-state index contributed by atoms with van der Waals surface area (Å²) in [6.45, 7) is 0.480. The summed E-state index contributed by atoms with van der Waals surface area (Å²) in [4.78, 5) is 37.4. The minimum absolute atomic E-state index is 0.0752. The zero-order chi connectivity index (χ0) is 15.9. The summed E-state index contributed by atoms with van der Waals surface area (Å²) in [7, 11) is 0. The summed E-state index contributed by atoms with van der Waals surface area (Å²) in [5.74, 6) is 0.506. The molecule has 114 valence electrons. The highest BCUT2D eigenvalue weighted by Gasteiger charge is 2.24. The second-order valence-electron chi connectivity index (χ2n) is 5.17. The van der Waals surface area contributed by atoms with Crippen LogP contribution in [0.4, 0.5) is 11.4 Å². The highest BCUT2D eigenvalue weighted by molar-refractivity contribution is 5.89. The molecule has 0 unspecified atom stereocenters. The Morgan fingerprint density at radius 2 is 1.86 bits per heavy atom. The van der Waals surface area contributed by atoms with Gasteiger partial charge >= 0.3 is 5.69 Å². The minimum Gasteiger partial charge on any atom is -0.296 e. The number of non-ortho nitro benzene ring substituents is 2.